The number of phenolic OH excluding ortho intramolecular Hbond substituents is 1. The van der Waals surface area contributed by atoms with E-state index in [1.165, 1.54) is 25.7 Å². The third-order valence-corrected chi connectivity index (χ3v) is 4.65. The fourth-order valence-electron chi connectivity index (χ4n) is 2.79. The summed E-state index contributed by atoms with van der Waals surface area (Å²) in [6.07, 6.45) is 5.43. The Morgan fingerprint density at radius 2 is 2.11 bits per heavy atom. The second-order valence-electron chi connectivity index (χ2n) is 5.34. The van der Waals surface area contributed by atoms with Gasteiger partial charge < -0.3 is 15.2 Å². The summed E-state index contributed by atoms with van der Waals surface area (Å²) in [7, 11) is 1.57. The number of rotatable bonds is 5. The third-order valence-electron chi connectivity index (χ3n) is 4.04. The van der Waals surface area contributed by atoms with Crippen LogP contribution in [0, 0.1) is 5.92 Å². The molecule has 0 radical (unpaired) electrons. The van der Waals surface area contributed by atoms with Crippen molar-refractivity contribution in [2.24, 2.45) is 5.92 Å². The first kappa shape index (κ1) is 14.7. The van der Waals surface area contributed by atoms with Crippen LogP contribution in [0.15, 0.2) is 16.6 Å². The molecule has 1 aliphatic carbocycles. The normalized spacial score (nSPS) is 17.6. The van der Waals surface area contributed by atoms with Gasteiger partial charge in [-0.3, -0.25) is 0 Å². The van der Waals surface area contributed by atoms with Gasteiger partial charge in [0, 0.05) is 12.6 Å². The number of nitrogens with one attached hydrogen (secondary N) is 1. The predicted molar refractivity (Wildman–Crippen MR) is 80.6 cm³/mol. The van der Waals surface area contributed by atoms with Crippen molar-refractivity contribution in [3.8, 4) is 11.5 Å². The lowest BCUT2D eigenvalue weighted by Gasteiger charge is -2.20. The van der Waals surface area contributed by atoms with Crippen molar-refractivity contribution in [1.82, 2.24) is 5.32 Å². The van der Waals surface area contributed by atoms with Gasteiger partial charge in [-0.1, -0.05) is 12.8 Å². The summed E-state index contributed by atoms with van der Waals surface area (Å²) in [6.45, 7) is 3.07. The first-order chi connectivity index (χ1) is 9.11. The molecular weight excluding hydrogens is 306 g/mol. The molecule has 0 heterocycles. The van der Waals surface area contributed by atoms with Crippen molar-refractivity contribution < 1.29 is 9.84 Å². The summed E-state index contributed by atoms with van der Waals surface area (Å²) in [6, 6.07) is 4.36. The Labute approximate surface area is 123 Å². The molecule has 1 aromatic carbocycles. The molecule has 4 heteroatoms. The van der Waals surface area contributed by atoms with Gasteiger partial charge in [0.25, 0.3) is 0 Å². The molecule has 1 aromatic rings. The van der Waals surface area contributed by atoms with E-state index in [2.05, 4.69) is 28.2 Å². The number of hydrogen-bond acceptors (Lipinski definition) is 3. The number of methoxy groups -OCH3 is 1. The number of ether oxygens (including phenoxy) is 1. The van der Waals surface area contributed by atoms with Crippen LogP contribution in [0.1, 0.15) is 38.2 Å². The molecule has 1 fully saturated rings. The summed E-state index contributed by atoms with van der Waals surface area (Å²) in [5.74, 6) is 1.48. The highest BCUT2D eigenvalue weighted by molar-refractivity contribution is 9.10. The number of benzene rings is 1. The largest absolute Gasteiger partial charge is 0.503 e. The Hall–Kier alpha value is -0.740. The monoisotopic (exact) mass is 327 g/mol. The van der Waals surface area contributed by atoms with Gasteiger partial charge in [0.05, 0.1) is 11.6 Å². The molecular formula is C15H22BrNO2. The lowest BCUT2D eigenvalue weighted by atomic mass is 9.99. The molecule has 0 amide bonds. The van der Waals surface area contributed by atoms with Crippen LogP contribution in [0.3, 0.4) is 0 Å². The number of aromatic hydroxyl groups is 1. The molecule has 106 valence electrons. The third kappa shape index (κ3) is 3.63. The Morgan fingerprint density at radius 1 is 1.42 bits per heavy atom. The summed E-state index contributed by atoms with van der Waals surface area (Å²) < 4.78 is 5.84. The van der Waals surface area contributed by atoms with Crippen LogP contribution >= 0.6 is 15.9 Å². The highest BCUT2D eigenvalue weighted by Crippen LogP contribution is 2.35. The summed E-state index contributed by atoms with van der Waals surface area (Å²) in [4.78, 5) is 0. The second kappa shape index (κ2) is 6.62. The Morgan fingerprint density at radius 3 is 2.74 bits per heavy atom. The average Bonchev–Trinajstić information content (AvgIpc) is 2.93. The predicted octanol–water partition coefficient (Wildman–Crippen LogP) is 3.83. The molecule has 3 nitrogen and oxygen atoms in total. The van der Waals surface area contributed by atoms with Crippen molar-refractivity contribution in [3.63, 3.8) is 0 Å². The van der Waals surface area contributed by atoms with Crippen molar-refractivity contribution in [2.45, 2.75) is 45.2 Å². The molecule has 0 saturated heterocycles. The summed E-state index contributed by atoms with van der Waals surface area (Å²) in [5, 5.41) is 13.4. The molecule has 0 aromatic heterocycles. The van der Waals surface area contributed by atoms with Crippen LogP contribution in [0.5, 0.6) is 11.5 Å². The lowest BCUT2D eigenvalue weighted by molar-refractivity contribution is 0.367. The van der Waals surface area contributed by atoms with Gasteiger partial charge in [-0.25, -0.2) is 0 Å². The van der Waals surface area contributed by atoms with Crippen molar-refractivity contribution >= 4 is 15.9 Å². The zero-order valence-corrected chi connectivity index (χ0v) is 13.2. The van der Waals surface area contributed by atoms with Crippen LogP contribution in [-0.4, -0.2) is 18.3 Å². The van der Waals surface area contributed by atoms with E-state index in [1.54, 1.807) is 7.11 Å². The van der Waals surface area contributed by atoms with Gasteiger partial charge in [0.15, 0.2) is 11.5 Å². The fraction of sp³-hybridized carbons (Fsp3) is 0.600. The van der Waals surface area contributed by atoms with E-state index < -0.39 is 0 Å². The minimum Gasteiger partial charge on any atom is -0.503 e. The van der Waals surface area contributed by atoms with E-state index >= 15 is 0 Å². The maximum absolute atomic E-state index is 9.78. The Balaban J connectivity index is 1.97. The van der Waals surface area contributed by atoms with E-state index in [0.29, 0.717) is 16.3 Å². The lowest BCUT2D eigenvalue weighted by Crippen LogP contribution is -2.31. The van der Waals surface area contributed by atoms with Gasteiger partial charge in [0.1, 0.15) is 0 Å². The van der Waals surface area contributed by atoms with Crippen LogP contribution in [-0.2, 0) is 6.54 Å². The average molecular weight is 328 g/mol. The van der Waals surface area contributed by atoms with E-state index in [4.69, 9.17) is 4.74 Å². The molecule has 2 N–H and O–H groups in total. The van der Waals surface area contributed by atoms with Gasteiger partial charge in [-0.2, -0.15) is 0 Å². The molecule has 1 atom stereocenters. The maximum atomic E-state index is 9.78. The molecule has 1 saturated carbocycles. The van der Waals surface area contributed by atoms with Crippen LogP contribution in [0.2, 0.25) is 0 Å². The SMILES string of the molecule is COc1cc(CN[C@@H](C)C2CCCC2)cc(Br)c1O. The molecule has 19 heavy (non-hydrogen) atoms. The highest BCUT2D eigenvalue weighted by atomic mass is 79.9. The quantitative estimate of drug-likeness (QED) is 0.863. The van der Waals surface area contributed by atoms with Gasteiger partial charge in [-0.15, -0.1) is 0 Å². The van der Waals surface area contributed by atoms with E-state index in [9.17, 15) is 5.11 Å². The van der Waals surface area contributed by atoms with E-state index in [0.717, 1.165) is 18.0 Å². The van der Waals surface area contributed by atoms with Gasteiger partial charge >= 0.3 is 0 Å². The zero-order valence-electron chi connectivity index (χ0n) is 11.6. The second-order valence-corrected chi connectivity index (χ2v) is 6.20. The Bertz CT molecular complexity index is 430. The first-order valence-corrected chi connectivity index (χ1v) is 7.70. The molecule has 2 rings (SSSR count). The fourth-order valence-corrected chi connectivity index (χ4v) is 3.28. The molecule has 0 spiro atoms. The molecule has 0 bridgehead atoms. The van der Waals surface area contributed by atoms with Crippen LogP contribution in [0.25, 0.3) is 0 Å². The van der Waals surface area contributed by atoms with Crippen molar-refractivity contribution in [1.29, 1.82) is 0 Å². The zero-order chi connectivity index (χ0) is 13.8. The number of phenols is 1. The van der Waals surface area contributed by atoms with E-state index in [1.807, 2.05) is 12.1 Å². The number of hydrogen-bond donors (Lipinski definition) is 2. The van der Waals surface area contributed by atoms with E-state index in [-0.39, 0.29) is 5.75 Å². The maximum Gasteiger partial charge on any atom is 0.172 e. The first-order valence-electron chi connectivity index (χ1n) is 6.90. The van der Waals surface area contributed by atoms with Crippen LogP contribution in [0.4, 0.5) is 0 Å². The van der Waals surface area contributed by atoms with Gasteiger partial charge in [-0.05, 0) is 59.3 Å². The topological polar surface area (TPSA) is 41.5 Å². The number of halogens is 1. The summed E-state index contributed by atoms with van der Waals surface area (Å²) in [5.41, 5.74) is 1.12. The molecule has 0 aliphatic heterocycles. The van der Waals surface area contributed by atoms with Crippen molar-refractivity contribution in [2.75, 3.05) is 7.11 Å². The van der Waals surface area contributed by atoms with Crippen molar-refractivity contribution in [3.05, 3.63) is 22.2 Å². The molecule has 0 unspecified atom stereocenters. The Kier molecular flexibility index (Phi) is 5.11. The smallest absolute Gasteiger partial charge is 0.172 e. The minimum absolute atomic E-state index is 0.162. The standard InChI is InChI=1S/C15H22BrNO2/c1-10(12-5-3-4-6-12)17-9-11-7-13(16)15(18)14(8-11)19-2/h7-8,10,12,17-18H,3-6,9H2,1-2H3/t10-/m0/s1. The minimum atomic E-state index is 0.162. The van der Waals surface area contributed by atoms with Gasteiger partial charge in [0.2, 0.25) is 0 Å². The molecule has 1 aliphatic rings. The summed E-state index contributed by atoms with van der Waals surface area (Å²) >= 11 is 3.35. The van der Waals surface area contributed by atoms with Crippen LogP contribution < -0.4 is 10.1 Å². The highest BCUT2D eigenvalue weighted by Gasteiger charge is 2.21.